The molecule has 0 N–H and O–H groups in total. The lowest BCUT2D eigenvalue weighted by molar-refractivity contribution is 0.190. The van der Waals surface area contributed by atoms with E-state index >= 15 is 0 Å². The first kappa shape index (κ1) is 8.85. The zero-order valence-corrected chi connectivity index (χ0v) is 7.60. The lowest BCUT2D eigenvalue weighted by Crippen LogP contribution is -2.34. The lowest BCUT2D eigenvalue weighted by Gasteiger charge is -2.30. The summed E-state index contributed by atoms with van der Waals surface area (Å²) in [5.74, 6) is 0.720. The van der Waals surface area contributed by atoms with Crippen molar-refractivity contribution in [2.24, 2.45) is 5.92 Å². The highest BCUT2D eigenvalue weighted by atomic mass is 35.5. The quantitative estimate of drug-likeness (QED) is 0.477. The summed E-state index contributed by atoms with van der Waals surface area (Å²) in [7, 11) is 0. The monoisotopic (exact) mass is 175 g/mol. The highest BCUT2D eigenvalue weighted by Gasteiger charge is 2.21. The van der Waals surface area contributed by atoms with Gasteiger partial charge in [-0.15, -0.1) is 0 Å². The number of nitrogens with zero attached hydrogens (tertiary/aromatic N) is 1. The Morgan fingerprint density at radius 3 is 2.55 bits per heavy atom. The van der Waals surface area contributed by atoms with E-state index in [4.69, 9.17) is 11.6 Å². The third kappa shape index (κ3) is 2.37. The highest BCUT2D eigenvalue weighted by Crippen LogP contribution is 2.27. The minimum absolute atomic E-state index is 0.306. The Morgan fingerprint density at radius 2 is 2.27 bits per heavy atom. The van der Waals surface area contributed by atoms with Gasteiger partial charge in [0.25, 0.3) is 0 Å². The van der Waals surface area contributed by atoms with Crippen LogP contribution in [-0.4, -0.2) is 23.4 Å². The van der Waals surface area contributed by atoms with Crippen molar-refractivity contribution >= 4 is 17.0 Å². The zero-order valence-electron chi connectivity index (χ0n) is 6.85. The molecule has 0 bridgehead atoms. The smallest absolute Gasteiger partial charge is 0.316 e. The molecule has 1 amide bonds. The van der Waals surface area contributed by atoms with Gasteiger partial charge in [-0.2, -0.15) is 0 Å². The van der Waals surface area contributed by atoms with Gasteiger partial charge < -0.3 is 4.90 Å². The molecule has 0 aromatic rings. The fourth-order valence-corrected chi connectivity index (χ4v) is 1.50. The molecule has 64 valence electrons. The summed E-state index contributed by atoms with van der Waals surface area (Å²) in [5.41, 5.74) is 0. The van der Waals surface area contributed by atoms with Gasteiger partial charge in [-0.05, 0) is 37.3 Å². The minimum atomic E-state index is -0.306. The van der Waals surface area contributed by atoms with Gasteiger partial charge in [-0.25, -0.2) is 0 Å². The summed E-state index contributed by atoms with van der Waals surface area (Å²) in [6.45, 7) is 3.55. The fourth-order valence-electron chi connectivity index (χ4n) is 1.31. The van der Waals surface area contributed by atoms with E-state index in [0.29, 0.717) is 0 Å². The maximum atomic E-state index is 10.7. The fraction of sp³-hybridized carbons (Fsp3) is 0.875. The van der Waals surface area contributed by atoms with Crippen LogP contribution in [0.2, 0.25) is 0 Å². The summed E-state index contributed by atoms with van der Waals surface area (Å²) < 4.78 is 0. The average Bonchev–Trinajstić information content (AvgIpc) is 1.85. The van der Waals surface area contributed by atoms with Crippen molar-refractivity contribution in [1.82, 2.24) is 4.90 Å². The van der Waals surface area contributed by atoms with Crippen molar-refractivity contribution < 1.29 is 4.79 Å². The van der Waals surface area contributed by atoms with E-state index in [1.54, 1.807) is 4.90 Å². The molecule has 0 heterocycles. The van der Waals surface area contributed by atoms with Crippen LogP contribution in [0.3, 0.4) is 0 Å². The predicted octanol–water partition coefficient (Wildman–Crippen LogP) is 2.47. The van der Waals surface area contributed by atoms with E-state index in [-0.39, 0.29) is 5.37 Å². The van der Waals surface area contributed by atoms with Crippen LogP contribution in [0.4, 0.5) is 4.79 Å². The molecular weight excluding hydrogens is 162 g/mol. The molecule has 0 saturated heterocycles. The SMILES string of the molecule is CCN(CC1CCC1)C(=O)Cl. The number of amides is 1. The van der Waals surface area contributed by atoms with Gasteiger partial charge in [0.15, 0.2) is 0 Å². The third-order valence-corrected chi connectivity index (χ3v) is 2.57. The standard InChI is InChI=1S/C8H14ClNO/c1-2-10(8(9)11)6-7-4-3-5-7/h7H,2-6H2,1H3. The molecule has 1 aliphatic rings. The molecule has 0 atom stereocenters. The molecule has 1 aliphatic carbocycles. The molecule has 3 heteroatoms. The van der Waals surface area contributed by atoms with Gasteiger partial charge in [-0.1, -0.05) is 6.42 Å². The second-order valence-electron chi connectivity index (χ2n) is 3.09. The van der Waals surface area contributed by atoms with Gasteiger partial charge in [0.05, 0.1) is 0 Å². The Bertz CT molecular complexity index is 145. The van der Waals surface area contributed by atoms with Crippen LogP contribution in [0.15, 0.2) is 0 Å². The largest absolute Gasteiger partial charge is 0.329 e. The van der Waals surface area contributed by atoms with Gasteiger partial charge in [0.1, 0.15) is 0 Å². The lowest BCUT2D eigenvalue weighted by atomic mass is 9.85. The normalized spacial score (nSPS) is 17.6. The van der Waals surface area contributed by atoms with Crippen LogP contribution >= 0.6 is 11.6 Å². The van der Waals surface area contributed by atoms with Crippen LogP contribution in [0.5, 0.6) is 0 Å². The molecule has 0 unspecified atom stereocenters. The summed E-state index contributed by atoms with van der Waals surface area (Å²) >= 11 is 5.36. The van der Waals surface area contributed by atoms with Crippen molar-refractivity contribution in [3.8, 4) is 0 Å². The predicted molar refractivity (Wildman–Crippen MR) is 45.8 cm³/mol. The second-order valence-corrected chi connectivity index (χ2v) is 3.41. The Balaban J connectivity index is 2.24. The molecule has 0 spiro atoms. The van der Waals surface area contributed by atoms with E-state index in [9.17, 15) is 4.79 Å². The summed E-state index contributed by atoms with van der Waals surface area (Å²) in [5, 5.41) is -0.306. The first-order valence-electron chi connectivity index (χ1n) is 4.18. The Hall–Kier alpha value is -0.240. The highest BCUT2D eigenvalue weighted by molar-refractivity contribution is 6.62. The van der Waals surface area contributed by atoms with E-state index in [2.05, 4.69) is 0 Å². The molecule has 0 aromatic heterocycles. The third-order valence-electron chi connectivity index (χ3n) is 2.33. The van der Waals surface area contributed by atoms with Crippen LogP contribution in [0.25, 0.3) is 0 Å². The van der Waals surface area contributed by atoms with Crippen molar-refractivity contribution in [3.05, 3.63) is 0 Å². The topological polar surface area (TPSA) is 20.3 Å². The van der Waals surface area contributed by atoms with Gasteiger partial charge in [0.2, 0.25) is 0 Å². The molecule has 1 rings (SSSR count). The molecule has 1 saturated carbocycles. The van der Waals surface area contributed by atoms with Crippen LogP contribution in [-0.2, 0) is 0 Å². The molecule has 0 aromatic carbocycles. The first-order chi connectivity index (χ1) is 5.24. The molecule has 0 aliphatic heterocycles. The maximum absolute atomic E-state index is 10.7. The Kier molecular flexibility index (Phi) is 3.18. The number of carbonyl (C=O) groups excluding carboxylic acids is 1. The van der Waals surface area contributed by atoms with Crippen LogP contribution < -0.4 is 0 Å². The van der Waals surface area contributed by atoms with Crippen molar-refractivity contribution in [3.63, 3.8) is 0 Å². The Morgan fingerprint density at radius 1 is 1.64 bits per heavy atom. The molecular formula is C8H14ClNO. The van der Waals surface area contributed by atoms with Crippen molar-refractivity contribution in [2.75, 3.05) is 13.1 Å². The second kappa shape index (κ2) is 3.96. The van der Waals surface area contributed by atoms with Gasteiger partial charge in [0, 0.05) is 13.1 Å². The van der Waals surface area contributed by atoms with Crippen LogP contribution in [0.1, 0.15) is 26.2 Å². The first-order valence-corrected chi connectivity index (χ1v) is 4.56. The van der Waals surface area contributed by atoms with Crippen molar-refractivity contribution in [2.45, 2.75) is 26.2 Å². The van der Waals surface area contributed by atoms with E-state index < -0.39 is 0 Å². The molecule has 11 heavy (non-hydrogen) atoms. The van der Waals surface area contributed by atoms with Gasteiger partial charge >= 0.3 is 5.37 Å². The summed E-state index contributed by atoms with van der Waals surface area (Å²) in [6, 6.07) is 0. The van der Waals surface area contributed by atoms with E-state index in [1.807, 2.05) is 6.92 Å². The summed E-state index contributed by atoms with van der Waals surface area (Å²) in [4.78, 5) is 12.4. The van der Waals surface area contributed by atoms with Crippen molar-refractivity contribution in [1.29, 1.82) is 0 Å². The zero-order chi connectivity index (χ0) is 8.27. The Labute approximate surface area is 72.5 Å². The number of rotatable bonds is 3. The average molecular weight is 176 g/mol. The summed E-state index contributed by atoms with van der Waals surface area (Å²) in [6.07, 6.45) is 3.85. The molecule has 0 radical (unpaired) electrons. The number of halogens is 1. The number of carbonyl (C=O) groups is 1. The molecule has 2 nitrogen and oxygen atoms in total. The minimum Gasteiger partial charge on any atom is -0.329 e. The van der Waals surface area contributed by atoms with E-state index in [0.717, 1.165) is 19.0 Å². The van der Waals surface area contributed by atoms with E-state index in [1.165, 1.54) is 19.3 Å². The maximum Gasteiger partial charge on any atom is 0.316 e. The number of hydrogen-bond acceptors (Lipinski definition) is 1. The number of hydrogen-bond donors (Lipinski definition) is 0. The van der Waals surface area contributed by atoms with Crippen LogP contribution in [0, 0.1) is 5.92 Å². The molecule has 1 fully saturated rings. The van der Waals surface area contributed by atoms with Gasteiger partial charge in [-0.3, -0.25) is 4.79 Å².